The Morgan fingerprint density at radius 2 is 1.79 bits per heavy atom. The molecule has 1 heterocycles. The summed E-state index contributed by atoms with van der Waals surface area (Å²) in [6, 6.07) is 12.1. The summed E-state index contributed by atoms with van der Waals surface area (Å²) in [5.41, 5.74) is 1.24. The Morgan fingerprint density at radius 1 is 1.08 bits per heavy atom. The fourth-order valence-electron chi connectivity index (χ4n) is 2.51. The van der Waals surface area contributed by atoms with E-state index in [0.29, 0.717) is 32.5 Å². The zero-order valence-electron chi connectivity index (χ0n) is 12.8. The molecular formula is C18H13ClFNO2S. The molecule has 0 bridgehead atoms. The van der Waals surface area contributed by atoms with Gasteiger partial charge in [-0.3, -0.25) is 9.59 Å². The number of nitrogens with zero attached hydrogens (tertiary/aromatic N) is 1. The first-order valence-corrected chi connectivity index (χ1v) is 8.66. The van der Waals surface area contributed by atoms with E-state index in [-0.39, 0.29) is 5.91 Å². The van der Waals surface area contributed by atoms with Gasteiger partial charge in [-0.05, 0) is 41.6 Å². The molecule has 1 aliphatic rings. The quantitative estimate of drug-likeness (QED) is 0.751. The van der Waals surface area contributed by atoms with E-state index in [1.54, 1.807) is 24.3 Å². The zero-order chi connectivity index (χ0) is 17.3. The zero-order valence-corrected chi connectivity index (χ0v) is 14.3. The highest BCUT2D eigenvalue weighted by Crippen LogP contribution is 2.38. The molecule has 0 atom stereocenters. The van der Waals surface area contributed by atoms with Crippen LogP contribution in [0.15, 0.2) is 53.4 Å². The highest BCUT2D eigenvalue weighted by molar-refractivity contribution is 8.04. The number of benzene rings is 2. The summed E-state index contributed by atoms with van der Waals surface area (Å²) in [6.45, 7) is 1.90. The van der Waals surface area contributed by atoms with Gasteiger partial charge in [0.2, 0.25) is 0 Å². The van der Waals surface area contributed by atoms with E-state index < -0.39 is 11.7 Å². The molecule has 122 valence electrons. The van der Waals surface area contributed by atoms with E-state index in [1.807, 2.05) is 6.92 Å². The number of thioether (sulfide) groups is 1. The van der Waals surface area contributed by atoms with Crippen molar-refractivity contribution >= 4 is 46.4 Å². The van der Waals surface area contributed by atoms with Crippen molar-refractivity contribution in [1.82, 2.24) is 0 Å². The van der Waals surface area contributed by atoms with Crippen LogP contribution < -0.4 is 4.90 Å². The maximum absolute atomic E-state index is 13.2. The smallest absolute Gasteiger partial charge is 0.268 e. The first kappa shape index (κ1) is 16.7. The Bertz CT molecular complexity index is 848. The molecule has 3 nitrogen and oxygen atoms in total. The van der Waals surface area contributed by atoms with Crippen LogP contribution in [0.4, 0.5) is 10.1 Å². The van der Waals surface area contributed by atoms with E-state index in [2.05, 4.69) is 0 Å². The van der Waals surface area contributed by atoms with Gasteiger partial charge < -0.3 is 0 Å². The third-order valence-electron chi connectivity index (χ3n) is 3.53. The van der Waals surface area contributed by atoms with E-state index in [9.17, 15) is 14.0 Å². The van der Waals surface area contributed by atoms with Gasteiger partial charge in [-0.25, -0.2) is 9.29 Å². The van der Waals surface area contributed by atoms with Gasteiger partial charge in [-0.1, -0.05) is 36.7 Å². The van der Waals surface area contributed by atoms with Crippen molar-refractivity contribution in [2.24, 2.45) is 0 Å². The monoisotopic (exact) mass is 361 g/mol. The van der Waals surface area contributed by atoms with Gasteiger partial charge in [0.05, 0.1) is 16.2 Å². The molecule has 2 aromatic carbocycles. The Morgan fingerprint density at radius 3 is 2.42 bits per heavy atom. The average Bonchev–Trinajstić information content (AvgIpc) is 2.80. The molecule has 0 aliphatic carbocycles. The highest BCUT2D eigenvalue weighted by atomic mass is 35.5. The summed E-state index contributed by atoms with van der Waals surface area (Å²) in [6.07, 6.45) is 0. The summed E-state index contributed by atoms with van der Waals surface area (Å²) in [7, 11) is 0. The van der Waals surface area contributed by atoms with E-state index in [0.717, 1.165) is 4.90 Å². The van der Waals surface area contributed by atoms with Crippen LogP contribution in [-0.4, -0.2) is 17.6 Å². The van der Waals surface area contributed by atoms with E-state index in [4.69, 9.17) is 11.6 Å². The molecule has 0 saturated heterocycles. The molecule has 0 spiro atoms. The third-order valence-corrected chi connectivity index (χ3v) is 4.72. The Kier molecular flexibility index (Phi) is 4.73. The molecule has 0 unspecified atom stereocenters. The number of carbonyl (C=O) groups excluding carboxylic acids is 2. The third kappa shape index (κ3) is 2.97. The Labute approximate surface area is 148 Å². The fraction of sp³-hybridized carbons (Fsp3) is 0.111. The minimum Gasteiger partial charge on any atom is -0.268 e. The molecule has 3 rings (SSSR count). The van der Waals surface area contributed by atoms with Crippen molar-refractivity contribution in [3.05, 3.63) is 69.8 Å². The normalized spacial score (nSPS) is 14.7. The van der Waals surface area contributed by atoms with E-state index >= 15 is 0 Å². The summed E-state index contributed by atoms with van der Waals surface area (Å²) in [4.78, 5) is 27.2. The lowest BCUT2D eigenvalue weighted by atomic mass is 10.1. The van der Waals surface area contributed by atoms with Crippen LogP contribution in [0.3, 0.4) is 0 Å². The van der Waals surface area contributed by atoms with Crippen LogP contribution >= 0.6 is 23.4 Å². The molecular weight excluding hydrogens is 349 g/mol. The first-order valence-electron chi connectivity index (χ1n) is 7.30. The second-order valence-electron chi connectivity index (χ2n) is 5.07. The number of hydrogen-bond acceptors (Lipinski definition) is 3. The largest absolute Gasteiger partial charge is 0.272 e. The molecule has 24 heavy (non-hydrogen) atoms. The summed E-state index contributed by atoms with van der Waals surface area (Å²) < 4.78 is 13.2. The molecule has 2 aromatic rings. The Balaban J connectivity index is 2.09. The number of amides is 2. The van der Waals surface area contributed by atoms with E-state index in [1.165, 1.54) is 36.0 Å². The van der Waals surface area contributed by atoms with Crippen molar-refractivity contribution in [1.29, 1.82) is 0 Å². The second-order valence-corrected chi connectivity index (χ2v) is 6.78. The van der Waals surface area contributed by atoms with Gasteiger partial charge in [-0.15, -0.1) is 11.8 Å². The van der Waals surface area contributed by atoms with Crippen LogP contribution in [0.25, 0.3) is 5.57 Å². The number of hydrogen-bond donors (Lipinski definition) is 0. The number of carbonyl (C=O) groups is 2. The van der Waals surface area contributed by atoms with Gasteiger partial charge in [0.15, 0.2) is 0 Å². The number of imide groups is 1. The van der Waals surface area contributed by atoms with Gasteiger partial charge in [0.1, 0.15) is 5.82 Å². The first-order chi connectivity index (χ1) is 11.5. The van der Waals surface area contributed by atoms with Crippen molar-refractivity contribution < 1.29 is 14.0 Å². The van der Waals surface area contributed by atoms with Gasteiger partial charge in [-0.2, -0.15) is 0 Å². The predicted molar refractivity (Wildman–Crippen MR) is 95.4 cm³/mol. The summed E-state index contributed by atoms with van der Waals surface area (Å²) in [5, 5.41) is 0.438. The van der Waals surface area contributed by atoms with Gasteiger partial charge >= 0.3 is 0 Å². The number of rotatable bonds is 4. The molecule has 6 heteroatoms. The highest BCUT2D eigenvalue weighted by Gasteiger charge is 2.39. The lowest BCUT2D eigenvalue weighted by Gasteiger charge is -2.15. The molecule has 0 aromatic heterocycles. The van der Waals surface area contributed by atoms with Crippen LogP contribution in [-0.2, 0) is 9.59 Å². The van der Waals surface area contributed by atoms with Crippen LogP contribution in [0.2, 0.25) is 5.02 Å². The lowest BCUT2D eigenvalue weighted by Crippen LogP contribution is -2.31. The maximum atomic E-state index is 13.2. The van der Waals surface area contributed by atoms with Crippen molar-refractivity contribution in [3.63, 3.8) is 0 Å². The SMILES string of the molecule is CCSC1=C(c2ccc(F)cc2)C(=O)N(c2cccc(Cl)c2)C1=O. The fourth-order valence-corrected chi connectivity index (χ4v) is 3.55. The lowest BCUT2D eigenvalue weighted by molar-refractivity contribution is -0.119. The number of anilines is 1. The second kappa shape index (κ2) is 6.79. The van der Waals surface area contributed by atoms with Crippen LogP contribution in [0, 0.1) is 5.82 Å². The standard InChI is InChI=1S/C18H13ClFNO2S/c1-2-24-16-15(11-6-8-13(20)9-7-11)17(22)21(18(16)23)14-5-3-4-12(19)10-14/h3-10H,2H2,1H3. The molecule has 0 saturated carbocycles. The minimum atomic E-state index is -0.426. The van der Waals surface area contributed by atoms with Crippen molar-refractivity contribution in [3.8, 4) is 0 Å². The summed E-state index contributed by atoms with van der Waals surface area (Å²) >= 11 is 7.28. The average molecular weight is 362 g/mol. The molecule has 0 fully saturated rings. The predicted octanol–water partition coefficient (Wildman–Crippen LogP) is 4.52. The number of halogens is 2. The Hall–Kier alpha value is -2.11. The van der Waals surface area contributed by atoms with Crippen LogP contribution in [0.5, 0.6) is 0 Å². The maximum Gasteiger partial charge on any atom is 0.272 e. The van der Waals surface area contributed by atoms with Crippen LogP contribution in [0.1, 0.15) is 12.5 Å². The van der Waals surface area contributed by atoms with Crippen molar-refractivity contribution in [2.75, 3.05) is 10.7 Å². The molecule has 1 aliphatic heterocycles. The van der Waals surface area contributed by atoms with Gasteiger partial charge in [0.25, 0.3) is 11.8 Å². The molecule has 0 N–H and O–H groups in total. The topological polar surface area (TPSA) is 37.4 Å². The minimum absolute atomic E-state index is 0.298. The molecule has 2 amide bonds. The van der Waals surface area contributed by atoms with Gasteiger partial charge in [0, 0.05) is 5.02 Å². The van der Waals surface area contributed by atoms with Crippen molar-refractivity contribution in [2.45, 2.75) is 6.92 Å². The summed E-state index contributed by atoms with van der Waals surface area (Å²) in [5.74, 6) is -0.562. The molecule has 0 radical (unpaired) electrons.